The van der Waals surface area contributed by atoms with Crippen LogP contribution in [0.25, 0.3) is 22.2 Å². The minimum absolute atomic E-state index is 0.125. The number of nitrogens with one attached hydrogen (secondary N) is 1. The molecule has 0 spiro atoms. The van der Waals surface area contributed by atoms with Gasteiger partial charge in [-0.3, -0.25) is 4.79 Å². The van der Waals surface area contributed by atoms with Crippen LogP contribution in [0.1, 0.15) is 47.7 Å². The van der Waals surface area contributed by atoms with Gasteiger partial charge in [0.15, 0.2) is 0 Å². The maximum atomic E-state index is 13.2. The number of hydrogen-bond donors (Lipinski definition) is 1. The van der Waals surface area contributed by atoms with E-state index in [9.17, 15) is 4.79 Å². The summed E-state index contributed by atoms with van der Waals surface area (Å²) in [5, 5.41) is 3.91. The van der Waals surface area contributed by atoms with Gasteiger partial charge < -0.3 is 5.32 Å². The third-order valence-electron chi connectivity index (χ3n) is 5.73. The van der Waals surface area contributed by atoms with Crippen molar-refractivity contribution in [1.82, 2.24) is 4.98 Å². The van der Waals surface area contributed by atoms with Crippen molar-refractivity contribution in [2.75, 3.05) is 5.32 Å². The highest BCUT2D eigenvalue weighted by Gasteiger charge is 2.15. The summed E-state index contributed by atoms with van der Waals surface area (Å²) >= 11 is 0. The molecule has 1 heterocycles. The van der Waals surface area contributed by atoms with Gasteiger partial charge in [0.1, 0.15) is 0 Å². The van der Waals surface area contributed by atoms with Gasteiger partial charge in [0.05, 0.1) is 16.8 Å². The normalized spacial score (nSPS) is 12.0. The summed E-state index contributed by atoms with van der Waals surface area (Å²) in [5.41, 5.74) is 6.50. The van der Waals surface area contributed by atoms with Crippen LogP contribution in [0.5, 0.6) is 0 Å². The van der Waals surface area contributed by atoms with Gasteiger partial charge >= 0.3 is 0 Å². The molecule has 0 fully saturated rings. The standard InChI is InChI=1S/C27H26N2O/c1-4-18(2)20-13-15-21(16-14-20)28-27(30)24-17-26(22-10-6-5-9-19(22)3)29-25-12-8-7-11-23(24)25/h5-18H,4H2,1-3H3,(H,28,30). The first-order valence-electron chi connectivity index (χ1n) is 10.4. The predicted octanol–water partition coefficient (Wildman–Crippen LogP) is 6.98. The Labute approximate surface area is 177 Å². The largest absolute Gasteiger partial charge is 0.322 e. The number of carbonyl (C=O) groups excluding carboxylic acids is 1. The van der Waals surface area contributed by atoms with Crippen LogP contribution in [0.3, 0.4) is 0 Å². The highest BCUT2D eigenvalue weighted by Crippen LogP contribution is 2.28. The lowest BCUT2D eigenvalue weighted by Gasteiger charge is -2.13. The van der Waals surface area contributed by atoms with Crippen molar-refractivity contribution in [3.63, 3.8) is 0 Å². The summed E-state index contributed by atoms with van der Waals surface area (Å²) in [7, 11) is 0. The van der Waals surface area contributed by atoms with Crippen molar-refractivity contribution in [3.8, 4) is 11.3 Å². The van der Waals surface area contributed by atoms with Gasteiger partial charge in [-0.2, -0.15) is 0 Å². The molecule has 4 aromatic rings. The van der Waals surface area contributed by atoms with Gasteiger partial charge in [0.2, 0.25) is 0 Å². The number of benzene rings is 3. The lowest BCUT2D eigenvalue weighted by molar-refractivity contribution is 0.102. The number of nitrogens with zero attached hydrogens (tertiary/aromatic N) is 1. The first kappa shape index (κ1) is 19.8. The van der Waals surface area contributed by atoms with E-state index in [0.29, 0.717) is 11.5 Å². The molecule has 1 aromatic heterocycles. The zero-order chi connectivity index (χ0) is 21.1. The molecule has 3 aromatic carbocycles. The van der Waals surface area contributed by atoms with Gasteiger partial charge in [0, 0.05) is 16.6 Å². The van der Waals surface area contributed by atoms with E-state index < -0.39 is 0 Å². The molecule has 3 heteroatoms. The van der Waals surface area contributed by atoms with E-state index in [0.717, 1.165) is 39.8 Å². The molecule has 0 aliphatic heterocycles. The van der Waals surface area contributed by atoms with Crippen LogP contribution < -0.4 is 5.32 Å². The number of aryl methyl sites for hydroxylation is 1. The highest BCUT2D eigenvalue weighted by molar-refractivity contribution is 6.13. The molecule has 4 rings (SSSR count). The van der Waals surface area contributed by atoms with Gasteiger partial charge in [-0.15, -0.1) is 0 Å². The van der Waals surface area contributed by atoms with E-state index >= 15 is 0 Å². The Morgan fingerprint density at radius 2 is 1.67 bits per heavy atom. The van der Waals surface area contributed by atoms with E-state index in [4.69, 9.17) is 4.98 Å². The van der Waals surface area contributed by atoms with Crippen LogP contribution in [0, 0.1) is 6.92 Å². The zero-order valence-electron chi connectivity index (χ0n) is 17.6. The number of carbonyl (C=O) groups is 1. The average molecular weight is 395 g/mol. The molecule has 1 atom stereocenters. The summed E-state index contributed by atoms with van der Waals surface area (Å²) in [6.45, 7) is 6.45. The van der Waals surface area contributed by atoms with Crippen molar-refractivity contribution in [2.24, 2.45) is 0 Å². The van der Waals surface area contributed by atoms with Crippen molar-refractivity contribution < 1.29 is 4.79 Å². The molecule has 3 nitrogen and oxygen atoms in total. The molecule has 1 unspecified atom stereocenters. The number of hydrogen-bond acceptors (Lipinski definition) is 2. The molecule has 1 N–H and O–H groups in total. The van der Waals surface area contributed by atoms with Crippen LogP contribution in [0.15, 0.2) is 78.9 Å². The fourth-order valence-electron chi connectivity index (χ4n) is 3.69. The Balaban J connectivity index is 1.72. The lowest BCUT2D eigenvalue weighted by Crippen LogP contribution is -2.13. The molecule has 0 saturated carbocycles. The SMILES string of the molecule is CCC(C)c1ccc(NC(=O)c2cc(-c3ccccc3C)nc3ccccc23)cc1. The first-order valence-corrected chi connectivity index (χ1v) is 10.4. The number of para-hydroxylation sites is 1. The Bertz CT molecular complexity index is 1200. The predicted molar refractivity (Wildman–Crippen MR) is 125 cm³/mol. The number of fused-ring (bicyclic) bond motifs is 1. The molecular weight excluding hydrogens is 368 g/mol. The van der Waals surface area contributed by atoms with E-state index in [1.54, 1.807) is 0 Å². The third kappa shape index (κ3) is 3.97. The summed E-state index contributed by atoms with van der Waals surface area (Å²) < 4.78 is 0. The van der Waals surface area contributed by atoms with Crippen molar-refractivity contribution in [1.29, 1.82) is 0 Å². The molecule has 30 heavy (non-hydrogen) atoms. The van der Waals surface area contributed by atoms with Crippen LogP contribution in [-0.4, -0.2) is 10.9 Å². The molecule has 150 valence electrons. The molecule has 0 bridgehead atoms. The van der Waals surface area contributed by atoms with E-state index in [1.807, 2.05) is 60.7 Å². The summed E-state index contributed by atoms with van der Waals surface area (Å²) in [6, 6.07) is 25.9. The van der Waals surface area contributed by atoms with Gasteiger partial charge in [-0.1, -0.05) is 68.4 Å². The first-order chi connectivity index (χ1) is 14.6. The van der Waals surface area contributed by atoms with E-state index in [2.05, 4.69) is 44.3 Å². The summed E-state index contributed by atoms with van der Waals surface area (Å²) in [4.78, 5) is 18.0. The van der Waals surface area contributed by atoms with E-state index in [1.165, 1.54) is 5.56 Å². The van der Waals surface area contributed by atoms with Crippen molar-refractivity contribution in [3.05, 3.63) is 95.6 Å². The van der Waals surface area contributed by atoms with Crippen LogP contribution >= 0.6 is 0 Å². The fraction of sp³-hybridized carbons (Fsp3) is 0.185. The Morgan fingerprint density at radius 3 is 2.40 bits per heavy atom. The monoisotopic (exact) mass is 394 g/mol. The molecule has 0 saturated heterocycles. The zero-order valence-corrected chi connectivity index (χ0v) is 17.6. The number of anilines is 1. The Morgan fingerprint density at radius 1 is 0.967 bits per heavy atom. The minimum atomic E-state index is -0.125. The molecule has 0 aliphatic rings. The molecule has 0 aliphatic carbocycles. The van der Waals surface area contributed by atoms with Crippen LogP contribution in [-0.2, 0) is 0 Å². The van der Waals surface area contributed by atoms with Gasteiger partial charge in [-0.05, 0) is 54.7 Å². The molecule has 1 amide bonds. The number of amides is 1. The number of rotatable bonds is 5. The highest BCUT2D eigenvalue weighted by atomic mass is 16.1. The minimum Gasteiger partial charge on any atom is -0.322 e. The Kier molecular flexibility index (Phi) is 5.62. The second kappa shape index (κ2) is 8.50. The average Bonchev–Trinajstić information content (AvgIpc) is 2.78. The third-order valence-corrected chi connectivity index (χ3v) is 5.73. The van der Waals surface area contributed by atoms with Crippen LogP contribution in [0.4, 0.5) is 5.69 Å². The van der Waals surface area contributed by atoms with E-state index in [-0.39, 0.29) is 5.91 Å². The maximum absolute atomic E-state index is 13.2. The number of pyridine rings is 1. The molecule has 0 radical (unpaired) electrons. The maximum Gasteiger partial charge on any atom is 0.256 e. The van der Waals surface area contributed by atoms with Gasteiger partial charge in [-0.25, -0.2) is 4.98 Å². The summed E-state index contributed by atoms with van der Waals surface area (Å²) in [5.74, 6) is 0.385. The Hall–Kier alpha value is -3.46. The fourth-order valence-corrected chi connectivity index (χ4v) is 3.69. The quantitative estimate of drug-likeness (QED) is 0.397. The van der Waals surface area contributed by atoms with Crippen molar-refractivity contribution in [2.45, 2.75) is 33.1 Å². The second-order valence-electron chi connectivity index (χ2n) is 7.77. The second-order valence-corrected chi connectivity index (χ2v) is 7.77. The smallest absolute Gasteiger partial charge is 0.256 e. The molecular formula is C27H26N2O. The number of aromatic nitrogens is 1. The summed E-state index contributed by atoms with van der Waals surface area (Å²) in [6.07, 6.45) is 1.09. The lowest BCUT2D eigenvalue weighted by atomic mass is 9.98. The topological polar surface area (TPSA) is 42.0 Å². The van der Waals surface area contributed by atoms with Crippen LogP contribution in [0.2, 0.25) is 0 Å². The van der Waals surface area contributed by atoms with Crippen molar-refractivity contribution >= 4 is 22.5 Å². The van der Waals surface area contributed by atoms with Gasteiger partial charge in [0.25, 0.3) is 5.91 Å².